The summed E-state index contributed by atoms with van der Waals surface area (Å²) in [5.41, 5.74) is 6.79. The first-order valence-electron chi connectivity index (χ1n) is 12.1. The molecule has 1 fully saturated rings. The summed E-state index contributed by atoms with van der Waals surface area (Å²) in [6, 6.07) is 12.3. The number of carbonyl (C=O) groups is 2. The fourth-order valence-corrected chi connectivity index (χ4v) is 4.40. The predicted octanol–water partition coefficient (Wildman–Crippen LogP) is 1.90. The van der Waals surface area contributed by atoms with E-state index in [-0.39, 0.29) is 22.9 Å². The largest absolute Gasteiger partial charge is 0.756 e. The predicted molar refractivity (Wildman–Crippen MR) is 134 cm³/mol. The summed E-state index contributed by atoms with van der Waals surface area (Å²) in [6.07, 6.45) is 3.64. The van der Waals surface area contributed by atoms with E-state index in [1.807, 2.05) is 6.07 Å². The minimum absolute atomic E-state index is 0.00341. The number of hydroxylamine groups is 2. The highest BCUT2D eigenvalue weighted by Gasteiger charge is 2.30. The summed E-state index contributed by atoms with van der Waals surface area (Å²) in [4.78, 5) is 31.7. The van der Waals surface area contributed by atoms with Crippen molar-refractivity contribution < 1.29 is 14.7 Å². The summed E-state index contributed by atoms with van der Waals surface area (Å²) in [6.45, 7) is 4.97. The number of pyridine rings is 1. The zero-order valence-corrected chi connectivity index (χ0v) is 20.2. The summed E-state index contributed by atoms with van der Waals surface area (Å²) >= 11 is 0. The Kier molecular flexibility index (Phi) is 8.09. The fourth-order valence-electron chi connectivity index (χ4n) is 4.40. The number of piperidine rings is 1. The maximum absolute atomic E-state index is 13.3. The Morgan fingerprint density at radius 2 is 1.89 bits per heavy atom. The molecule has 3 N–H and O–H groups in total. The fraction of sp³-hybridized carbons (Fsp3) is 0.385. The van der Waals surface area contributed by atoms with Crippen molar-refractivity contribution in [1.29, 1.82) is 0 Å². The number of primary amides is 1. The van der Waals surface area contributed by atoms with Crippen molar-refractivity contribution in [2.75, 3.05) is 13.1 Å². The van der Waals surface area contributed by atoms with Gasteiger partial charge in [-0.2, -0.15) is 5.10 Å². The SMILES string of the molecule is CC1CCN(Cc2ccn(-c3ncccc3C(=O)N([O-])C(Cc3ccccc3)C(O)C(N)=O)n2)CC1. The summed E-state index contributed by atoms with van der Waals surface area (Å²) < 4.78 is 1.47. The Morgan fingerprint density at radius 3 is 2.58 bits per heavy atom. The molecule has 1 aliphatic rings. The molecule has 0 spiro atoms. The maximum Gasteiger partial charge on any atom is 0.248 e. The van der Waals surface area contributed by atoms with Crippen LogP contribution in [-0.2, 0) is 17.8 Å². The van der Waals surface area contributed by atoms with Crippen LogP contribution in [0.25, 0.3) is 5.82 Å². The topological polar surface area (TPSA) is 141 Å². The average Bonchev–Trinajstić information content (AvgIpc) is 3.36. The van der Waals surface area contributed by atoms with Gasteiger partial charge in [0.15, 0.2) is 11.9 Å². The number of aliphatic hydroxyl groups excluding tert-OH is 1. The van der Waals surface area contributed by atoms with Crippen LogP contribution in [0.15, 0.2) is 60.9 Å². The first-order chi connectivity index (χ1) is 17.3. The van der Waals surface area contributed by atoms with Crippen LogP contribution in [0.2, 0.25) is 0 Å². The molecule has 3 heterocycles. The number of benzene rings is 1. The standard InChI is InChI=1S/C26H31N6O4/c1-18-9-13-30(14-10-18)17-20-11-15-31(29-20)25-21(8-5-12-28-25)26(35)32(36)22(23(33)24(27)34)16-19-6-3-2-4-7-19/h2-8,11-12,15,18,22-23,33H,9-10,13-14,16-17H2,1H3,(H2,27,34)/q-1. The zero-order valence-electron chi connectivity index (χ0n) is 20.2. The van der Waals surface area contributed by atoms with Gasteiger partial charge in [0, 0.05) is 18.9 Å². The Labute approximate surface area is 209 Å². The monoisotopic (exact) mass is 491 g/mol. The van der Waals surface area contributed by atoms with Crippen molar-refractivity contribution in [2.24, 2.45) is 11.7 Å². The number of amides is 2. The van der Waals surface area contributed by atoms with Gasteiger partial charge >= 0.3 is 0 Å². The number of nitrogens with zero attached hydrogens (tertiary/aromatic N) is 5. The molecule has 0 aliphatic carbocycles. The first kappa shape index (κ1) is 25.5. The van der Waals surface area contributed by atoms with Gasteiger partial charge in [-0.1, -0.05) is 37.3 Å². The molecule has 4 rings (SSSR count). The van der Waals surface area contributed by atoms with Crippen LogP contribution >= 0.6 is 0 Å². The number of aromatic nitrogens is 3. The molecule has 3 aromatic rings. The third kappa shape index (κ3) is 5.96. The van der Waals surface area contributed by atoms with Crippen molar-refractivity contribution in [3.05, 3.63) is 83.0 Å². The Morgan fingerprint density at radius 1 is 1.17 bits per heavy atom. The maximum atomic E-state index is 13.3. The van der Waals surface area contributed by atoms with E-state index in [1.165, 1.54) is 16.9 Å². The van der Waals surface area contributed by atoms with Gasteiger partial charge in [0.2, 0.25) is 11.8 Å². The van der Waals surface area contributed by atoms with Crippen LogP contribution < -0.4 is 5.73 Å². The number of hydrogen-bond acceptors (Lipinski definition) is 7. The van der Waals surface area contributed by atoms with E-state index in [0.29, 0.717) is 12.1 Å². The van der Waals surface area contributed by atoms with Crippen molar-refractivity contribution >= 4 is 11.8 Å². The number of likely N-dealkylation sites (tertiary alicyclic amines) is 1. The second-order valence-corrected chi connectivity index (χ2v) is 9.32. The highest BCUT2D eigenvalue weighted by Crippen LogP contribution is 2.21. The molecule has 2 aromatic heterocycles. The third-order valence-corrected chi connectivity index (χ3v) is 6.59. The molecule has 0 bridgehead atoms. The zero-order chi connectivity index (χ0) is 25.7. The molecule has 2 atom stereocenters. The van der Waals surface area contributed by atoms with Crippen molar-refractivity contribution in [3.63, 3.8) is 0 Å². The van der Waals surface area contributed by atoms with Crippen molar-refractivity contribution in [1.82, 2.24) is 24.7 Å². The first-order valence-corrected chi connectivity index (χ1v) is 12.1. The molecule has 190 valence electrons. The second kappa shape index (κ2) is 11.4. The molecule has 36 heavy (non-hydrogen) atoms. The molecule has 2 amide bonds. The van der Waals surface area contributed by atoms with E-state index < -0.39 is 24.0 Å². The lowest BCUT2D eigenvalue weighted by atomic mass is 9.99. The van der Waals surface area contributed by atoms with Crippen LogP contribution in [0.4, 0.5) is 0 Å². The number of rotatable bonds is 9. The Balaban J connectivity index is 1.56. The van der Waals surface area contributed by atoms with Crippen molar-refractivity contribution in [3.8, 4) is 5.82 Å². The highest BCUT2D eigenvalue weighted by molar-refractivity contribution is 5.98. The molecule has 10 nitrogen and oxygen atoms in total. The van der Waals surface area contributed by atoms with E-state index in [2.05, 4.69) is 21.9 Å². The summed E-state index contributed by atoms with van der Waals surface area (Å²) in [5, 5.41) is 28.3. The summed E-state index contributed by atoms with van der Waals surface area (Å²) in [7, 11) is 0. The number of aliphatic hydroxyl groups is 1. The highest BCUT2D eigenvalue weighted by atomic mass is 16.5. The molecule has 1 aliphatic heterocycles. The molecular formula is C26H31N6O4-. The Hall–Kier alpha value is -3.60. The van der Waals surface area contributed by atoms with Crippen LogP contribution in [0.5, 0.6) is 0 Å². The molecule has 0 saturated carbocycles. The molecule has 2 unspecified atom stereocenters. The van der Waals surface area contributed by atoms with Crippen molar-refractivity contribution in [2.45, 2.75) is 44.9 Å². The molecular weight excluding hydrogens is 460 g/mol. The normalized spacial score (nSPS) is 16.4. The van der Waals surface area contributed by atoms with E-state index in [9.17, 15) is 19.9 Å². The minimum Gasteiger partial charge on any atom is -0.756 e. The van der Waals surface area contributed by atoms with Gasteiger partial charge in [-0.3, -0.25) is 14.5 Å². The van der Waals surface area contributed by atoms with Gasteiger partial charge in [0.05, 0.1) is 17.3 Å². The van der Waals surface area contributed by atoms with Gasteiger partial charge in [0.25, 0.3) is 0 Å². The second-order valence-electron chi connectivity index (χ2n) is 9.32. The quantitative estimate of drug-likeness (QED) is 0.436. The number of nitrogens with two attached hydrogens (primary N) is 1. The molecule has 10 heteroatoms. The van der Waals surface area contributed by atoms with E-state index in [1.54, 1.807) is 42.6 Å². The number of carbonyl (C=O) groups excluding carboxylic acids is 2. The van der Waals surface area contributed by atoms with E-state index >= 15 is 0 Å². The van der Waals surface area contributed by atoms with Crippen LogP contribution in [-0.4, -0.2) is 66.9 Å². The van der Waals surface area contributed by atoms with Gasteiger partial charge in [-0.05, 0) is 62.0 Å². The Bertz CT molecular complexity index is 1180. The molecule has 1 aromatic carbocycles. The lowest BCUT2D eigenvalue weighted by Crippen LogP contribution is -2.50. The van der Waals surface area contributed by atoms with Crippen LogP contribution in [0.3, 0.4) is 0 Å². The minimum atomic E-state index is -1.84. The smallest absolute Gasteiger partial charge is 0.248 e. The van der Waals surface area contributed by atoms with Crippen LogP contribution in [0, 0.1) is 11.1 Å². The van der Waals surface area contributed by atoms with Crippen LogP contribution in [0.1, 0.15) is 41.4 Å². The lowest BCUT2D eigenvalue weighted by Gasteiger charge is -2.39. The summed E-state index contributed by atoms with van der Waals surface area (Å²) in [5.74, 6) is -1.11. The van der Waals surface area contributed by atoms with E-state index in [0.717, 1.165) is 37.5 Å². The van der Waals surface area contributed by atoms with Gasteiger partial charge in [0.1, 0.15) is 0 Å². The van der Waals surface area contributed by atoms with Gasteiger partial charge in [-0.15, -0.1) is 0 Å². The molecule has 0 radical (unpaired) electrons. The molecule has 1 saturated heterocycles. The third-order valence-electron chi connectivity index (χ3n) is 6.59. The van der Waals surface area contributed by atoms with Gasteiger partial charge in [-0.25, -0.2) is 9.67 Å². The van der Waals surface area contributed by atoms with Gasteiger partial charge < -0.3 is 21.1 Å². The average molecular weight is 492 g/mol. The number of hydrogen-bond donors (Lipinski definition) is 2. The lowest BCUT2D eigenvalue weighted by molar-refractivity contribution is -0.128. The van der Waals surface area contributed by atoms with E-state index in [4.69, 9.17) is 5.73 Å².